The lowest BCUT2D eigenvalue weighted by Gasteiger charge is -2.10. The molecule has 0 amide bonds. The summed E-state index contributed by atoms with van der Waals surface area (Å²) in [5, 5.41) is 8.91. The van der Waals surface area contributed by atoms with Gasteiger partial charge in [-0.2, -0.15) is 0 Å². The molecular formula is C11H17NO3S2. The number of nitrogens with two attached hydrogens (primary N) is 1. The van der Waals surface area contributed by atoms with E-state index in [0.29, 0.717) is 5.69 Å². The van der Waals surface area contributed by atoms with Crippen LogP contribution in [0.25, 0.3) is 0 Å². The summed E-state index contributed by atoms with van der Waals surface area (Å²) < 4.78 is 22.6. The maximum atomic E-state index is 11.3. The van der Waals surface area contributed by atoms with Gasteiger partial charge >= 0.3 is 0 Å². The van der Waals surface area contributed by atoms with Gasteiger partial charge in [-0.1, -0.05) is 6.92 Å². The molecule has 0 aromatic heterocycles. The van der Waals surface area contributed by atoms with Crippen molar-refractivity contribution in [1.29, 1.82) is 0 Å². The third kappa shape index (κ3) is 4.22. The summed E-state index contributed by atoms with van der Waals surface area (Å²) in [7, 11) is -3.21. The number of nitrogen functional groups attached to an aromatic ring is 1. The zero-order chi connectivity index (χ0) is 13.1. The van der Waals surface area contributed by atoms with Crippen LogP contribution in [0.4, 0.5) is 5.69 Å². The highest BCUT2D eigenvalue weighted by Gasteiger charge is 2.10. The fourth-order valence-electron chi connectivity index (χ4n) is 1.17. The largest absolute Gasteiger partial charge is 0.398 e. The first-order valence-corrected chi connectivity index (χ1v) is 8.05. The van der Waals surface area contributed by atoms with Gasteiger partial charge in [0, 0.05) is 29.2 Å². The number of thioether (sulfide) groups is 1. The fourth-order valence-corrected chi connectivity index (χ4v) is 2.79. The maximum Gasteiger partial charge on any atom is 0.175 e. The minimum atomic E-state index is -3.21. The summed E-state index contributed by atoms with van der Waals surface area (Å²) in [5.74, 6) is 0.938. The Morgan fingerprint density at radius 2 is 2.12 bits per heavy atom. The normalized spacial score (nSPS) is 13.6. The molecule has 1 aromatic carbocycles. The van der Waals surface area contributed by atoms with Gasteiger partial charge in [0.2, 0.25) is 0 Å². The van der Waals surface area contributed by atoms with Gasteiger partial charge in [-0.15, -0.1) is 11.8 Å². The van der Waals surface area contributed by atoms with Crippen molar-refractivity contribution in [3.63, 3.8) is 0 Å². The van der Waals surface area contributed by atoms with E-state index in [-0.39, 0.29) is 17.4 Å². The molecule has 1 atom stereocenters. The van der Waals surface area contributed by atoms with Gasteiger partial charge in [-0.25, -0.2) is 8.42 Å². The highest BCUT2D eigenvalue weighted by Crippen LogP contribution is 2.28. The standard InChI is InChI=1S/C11H17NO3S2/c1-8(6-13)7-16-11-4-3-9(5-10(11)12)17(2,14)15/h3-5,8,13H,6-7,12H2,1-2H3. The quantitative estimate of drug-likeness (QED) is 0.627. The molecular weight excluding hydrogens is 258 g/mol. The molecule has 0 bridgehead atoms. The van der Waals surface area contributed by atoms with E-state index < -0.39 is 9.84 Å². The summed E-state index contributed by atoms with van der Waals surface area (Å²) in [6.07, 6.45) is 1.16. The van der Waals surface area contributed by atoms with Gasteiger partial charge in [-0.3, -0.25) is 0 Å². The molecule has 0 fully saturated rings. The first-order chi connectivity index (χ1) is 7.84. The third-order valence-electron chi connectivity index (χ3n) is 2.24. The molecule has 0 saturated heterocycles. The lowest BCUT2D eigenvalue weighted by Crippen LogP contribution is -2.04. The van der Waals surface area contributed by atoms with Crippen LogP contribution >= 0.6 is 11.8 Å². The van der Waals surface area contributed by atoms with Crippen LogP contribution in [0, 0.1) is 5.92 Å². The number of hydrogen-bond donors (Lipinski definition) is 2. The van der Waals surface area contributed by atoms with Gasteiger partial charge in [0.05, 0.1) is 4.90 Å². The van der Waals surface area contributed by atoms with Gasteiger partial charge in [0.25, 0.3) is 0 Å². The van der Waals surface area contributed by atoms with E-state index in [1.165, 1.54) is 17.8 Å². The molecule has 0 spiro atoms. The average Bonchev–Trinajstić information content (AvgIpc) is 2.25. The number of aliphatic hydroxyl groups excluding tert-OH is 1. The number of aliphatic hydroxyl groups is 1. The monoisotopic (exact) mass is 275 g/mol. The van der Waals surface area contributed by atoms with Crippen LogP contribution in [0.1, 0.15) is 6.92 Å². The van der Waals surface area contributed by atoms with Crippen molar-refractivity contribution in [2.24, 2.45) is 5.92 Å². The molecule has 0 aliphatic carbocycles. The number of sulfone groups is 1. The minimum absolute atomic E-state index is 0.133. The summed E-state index contributed by atoms with van der Waals surface area (Å²) in [6.45, 7) is 2.07. The molecule has 6 heteroatoms. The highest BCUT2D eigenvalue weighted by atomic mass is 32.2. The van der Waals surface area contributed by atoms with Crippen molar-refractivity contribution in [3.05, 3.63) is 18.2 Å². The minimum Gasteiger partial charge on any atom is -0.398 e. The molecule has 1 aromatic rings. The lowest BCUT2D eigenvalue weighted by atomic mass is 10.2. The summed E-state index contributed by atoms with van der Waals surface area (Å²) in [4.78, 5) is 1.08. The van der Waals surface area contributed by atoms with Crippen LogP contribution < -0.4 is 5.73 Å². The Hall–Kier alpha value is -0.720. The highest BCUT2D eigenvalue weighted by molar-refractivity contribution is 7.99. The van der Waals surface area contributed by atoms with E-state index in [1.807, 2.05) is 6.92 Å². The van der Waals surface area contributed by atoms with E-state index >= 15 is 0 Å². The SMILES string of the molecule is CC(CO)CSc1ccc(S(C)(=O)=O)cc1N. The van der Waals surface area contributed by atoms with Crippen LogP contribution in [0.2, 0.25) is 0 Å². The van der Waals surface area contributed by atoms with Crippen LogP contribution in [-0.2, 0) is 9.84 Å². The van der Waals surface area contributed by atoms with E-state index in [1.54, 1.807) is 12.1 Å². The van der Waals surface area contributed by atoms with Crippen LogP contribution in [0.3, 0.4) is 0 Å². The Balaban J connectivity index is 2.84. The number of hydrogen-bond acceptors (Lipinski definition) is 5. The van der Waals surface area contributed by atoms with Crippen molar-refractivity contribution in [3.8, 4) is 0 Å². The van der Waals surface area contributed by atoms with Gasteiger partial charge < -0.3 is 10.8 Å². The van der Waals surface area contributed by atoms with Crippen molar-refractivity contribution >= 4 is 27.3 Å². The second-order valence-electron chi connectivity index (χ2n) is 4.07. The van der Waals surface area contributed by atoms with Crippen molar-refractivity contribution < 1.29 is 13.5 Å². The predicted molar refractivity (Wildman–Crippen MR) is 70.9 cm³/mol. The van der Waals surface area contributed by atoms with Crippen molar-refractivity contribution in [2.75, 3.05) is 24.3 Å². The molecule has 0 saturated carbocycles. The predicted octanol–water partition coefficient (Wildman–Crippen LogP) is 1.39. The van der Waals surface area contributed by atoms with Crippen LogP contribution in [-0.4, -0.2) is 32.1 Å². The molecule has 0 heterocycles. The average molecular weight is 275 g/mol. The number of rotatable bonds is 5. The molecule has 3 N–H and O–H groups in total. The summed E-state index contributed by atoms with van der Waals surface area (Å²) in [6, 6.07) is 4.74. The lowest BCUT2D eigenvalue weighted by molar-refractivity contribution is 0.250. The van der Waals surface area contributed by atoms with E-state index in [0.717, 1.165) is 16.9 Å². The molecule has 4 nitrogen and oxygen atoms in total. The molecule has 0 radical (unpaired) electrons. The van der Waals surface area contributed by atoms with E-state index in [4.69, 9.17) is 10.8 Å². The zero-order valence-corrected chi connectivity index (χ0v) is 11.5. The van der Waals surface area contributed by atoms with Crippen molar-refractivity contribution in [1.82, 2.24) is 0 Å². The maximum absolute atomic E-state index is 11.3. The van der Waals surface area contributed by atoms with Crippen LogP contribution in [0.15, 0.2) is 28.0 Å². The van der Waals surface area contributed by atoms with Gasteiger partial charge in [-0.05, 0) is 24.1 Å². The Bertz CT molecular complexity index is 485. The molecule has 1 unspecified atom stereocenters. The molecule has 0 aliphatic rings. The summed E-state index contributed by atoms with van der Waals surface area (Å²) >= 11 is 1.52. The third-order valence-corrected chi connectivity index (χ3v) is 4.77. The molecule has 1 rings (SSSR count). The van der Waals surface area contributed by atoms with E-state index in [2.05, 4.69) is 0 Å². The Kier molecular flexibility index (Phi) is 4.85. The molecule has 17 heavy (non-hydrogen) atoms. The van der Waals surface area contributed by atoms with Crippen LogP contribution in [0.5, 0.6) is 0 Å². The Labute approximate surface area is 106 Å². The van der Waals surface area contributed by atoms with E-state index in [9.17, 15) is 8.42 Å². The first kappa shape index (κ1) is 14.3. The molecule has 96 valence electrons. The van der Waals surface area contributed by atoms with Gasteiger partial charge in [0.1, 0.15) is 0 Å². The number of benzene rings is 1. The second-order valence-corrected chi connectivity index (χ2v) is 7.15. The Morgan fingerprint density at radius 3 is 2.59 bits per heavy atom. The molecule has 0 aliphatic heterocycles. The smallest absolute Gasteiger partial charge is 0.175 e. The first-order valence-electron chi connectivity index (χ1n) is 5.18. The topological polar surface area (TPSA) is 80.4 Å². The fraction of sp³-hybridized carbons (Fsp3) is 0.455. The second kappa shape index (κ2) is 5.75. The Morgan fingerprint density at radius 1 is 1.47 bits per heavy atom. The summed E-state index contributed by atoms with van der Waals surface area (Å²) in [5.41, 5.74) is 6.26. The van der Waals surface area contributed by atoms with Gasteiger partial charge in [0.15, 0.2) is 9.84 Å². The zero-order valence-electron chi connectivity index (χ0n) is 9.88. The number of anilines is 1. The van der Waals surface area contributed by atoms with Crippen molar-refractivity contribution in [2.45, 2.75) is 16.7 Å².